The van der Waals surface area contributed by atoms with Crippen molar-refractivity contribution >= 4 is 5.91 Å². The van der Waals surface area contributed by atoms with Gasteiger partial charge in [-0.15, -0.1) is 0 Å². The van der Waals surface area contributed by atoms with E-state index in [0.29, 0.717) is 17.9 Å². The Balaban J connectivity index is 1.73. The van der Waals surface area contributed by atoms with Crippen LogP contribution in [0.4, 0.5) is 0 Å². The van der Waals surface area contributed by atoms with Crippen LogP contribution in [0.2, 0.25) is 0 Å². The maximum atomic E-state index is 12.0. The van der Waals surface area contributed by atoms with Gasteiger partial charge in [0.1, 0.15) is 11.3 Å². The number of nitrogens with zero attached hydrogens (tertiary/aromatic N) is 4. The average Bonchev–Trinajstić information content (AvgIpc) is 3.13. The number of aromatic nitrogens is 4. The molecular weight excluding hydrogens is 282 g/mol. The lowest BCUT2D eigenvalue weighted by molar-refractivity contribution is 0.0949. The summed E-state index contributed by atoms with van der Waals surface area (Å²) in [4.78, 5) is 16.2. The van der Waals surface area contributed by atoms with Crippen LogP contribution >= 0.6 is 0 Å². The molecule has 0 radical (unpaired) electrons. The number of carbonyl (C=O) groups excluding carboxylic acids is 1. The van der Waals surface area contributed by atoms with Crippen molar-refractivity contribution in [2.45, 2.75) is 13.5 Å². The summed E-state index contributed by atoms with van der Waals surface area (Å²) in [6.45, 7) is 2.08. The van der Waals surface area contributed by atoms with E-state index in [9.17, 15) is 4.79 Å². The van der Waals surface area contributed by atoms with Gasteiger partial charge in [-0.2, -0.15) is 5.10 Å². The second-order valence-corrected chi connectivity index (χ2v) is 4.90. The smallest absolute Gasteiger partial charge is 0.256 e. The van der Waals surface area contributed by atoms with E-state index in [4.69, 9.17) is 4.52 Å². The van der Waals surface area contributed by atoms with Gasteiger partial charge in [0, 0.05) is 37.7 Å². The van der Waals surface area contributed by atoms with E-state index in [1.165, 1.54) is 6.20 Å². The van der Waals surface area contributed by atoms with Gasteiger partial charge in [0.05, 0.1) is 11.9 Å². The average molecular weight is 297 g/mol. The van der Waals surface area contributed by atoms with Crippen molar-refractivity contribution in [1.29, 1.82) is 0 Å². The first-order chi connectivity index (χ1) is 10.6. The highest BCUT2D eigenvalue weighted by atomic mass is 16.5. The van der Waals surface area contributed by atoms with Crippen molar-refractivity contribution in [1.82, 2.24) is 25.2 Å². The second-order valence-electron chi connectivity index (χ2n) is 4.90. The number of hydrogen-bond acceptors (Lipinski definition) is 5. The number of hydrogen-bond donors (Lipinski definition) is 1. The van der Waals surface area contributed by atoms with Crippen molar-refractivity contribution < 1.29 is 9.32 Å². The first kappa shape index (κ1) is 14.0. The van der Waals surface area contributed by atoms with Crippen LogP contribution in [-0.2, 0) is 13.6 Å². The van der Waals surface area contributed by atoms with E-state index < -0.39 is 0 Å². The molecule has 0 spiro atoms. The molecule has 112 valence electrons. The summed E-state index contributed by atoms with van der Waals surface area (Å²) >= 11 is 0. The van der Waals surface area contributed by atoms with Gasteiger partial charge in [0.2, 0.25) is 0 Å². The molecule has 1 amide bonds. The van der Waals surface area contributed by atoms with Crippen LogP contribution in [0.15, 0.2) is 41.4 Å². The Bertz CT molecular complexity index is 806. The van der Waals surface area contributed by atoms with Crippen LogP contribution in [0.1, 0.15) is 21.7 Å². The van der Waals surface area contributed by atoms with Crippen molar-refractivity contribution in [2.24, 2.45) is 7.05 Å². The number of nitrogens with one attached hydrogen (secondary N) is 1. The SMILES string of the molecule is Cc1oncc1C(=O)NCc1cncc(-c2ccnn2C)c1. The van der Waals surface area contributed by atoms with Crippen molar-refractivity contribution in [3.63, 3.8) is 0 Å². The van der Waals surface area contributed by atoms with Gasteiger partial charge >= 0.3 is 0 Å². The monoisotopic (exact) mass is 297 g/mol. The minimum atomic E-state index is -0.218. The second kappa shape index (κ2) is 5.80. The van der Waals surface area contributed by atoms with E-state index >= 15 is 0 Å². The zero-order chi connectivity index (χ0) is 15.5. The van der Waals surface area contributed by atoms with Crippen LogP contribution in [0, 0.1) is 6.92 Å². The molecule has 0 unspecified atom stereocenters. The third-order valence-electron chi connectivity index (χ3n) is 3.36. The fourth-order valence-corrected chi connectivity index (χ4v) is 2.18. The largest absolute Gasteiger partial charge is 0.361 e. The zero-order valence-electron chi connectivity index (χ0n) is 12.3. The topological polar surface area (TPSA) is 85.8 Å². The van der Waals surface area contributed by atoms with E-state index in [1.54, 1.807) is 30.2 Å². The fourth-order valence-electron chi connectivity index (χ4n) is 2.18. The molecule has 22 heavy (non-hydrogen) atoms. The van der Waals surface area contributed by atoms with Crippen molar-refractivity contribution in [3.05, 3.63) is 53.8 Å². The first-order valence-corrected chi connectivity index (χ1v) is 6.77. The highest BCUT2D eigenvalue weighted by Crippen LogP contribution is 2.18. The molecule has 0 aliphatic heterocycles. The molecule has 0 atom stereocenters. The Hall–Kier alpha value is -2.96. The molecule has 1 N–H and O–H groups in total. The fraction of sp³-hybridized carbons (Fsp3) is 0.200. The molecule has 0 aromatic carbocycles. The van der Waals surface area contributed by atoms with Crippen LogP contribution in [0.3, 0.4) is 0 Å². The van der Waals surface area contributed by atoms with Crippen molar-refractivity contribution in [3.8, 4) is 11.3 Å². The minimum Gasteiger partial charge on any atom is -0.361 e. The maximum Gasteiger partial charge on any atom is 0.256 e. The predicted molar refractivity (Wildman–Crippen MR) is 78.8 cm³/mol. The molecule has 3 heterocycles. The highest BCUT2D eigenvalue weighted by Gasteiger charge is 2.12. The Morgan fingerprint density at radius 3 is 2.91 bits per heavy atom. The van der Waals surface area contributed by atoms with Crippen LogP contribution in [0.25, 0.3) is 11.3 Å². The lowest BCUT2D eigenvalue weighted by Gasteiger charge is -2.06. The zero-order valence-corrected chi connectivity index (χ0v) is 12.3. The third-order valence-corrected chi connectivity index (χ3v) is 3.36. The Kier molecular flexibility index (Phi) is 3.69. The molecule has 3 rings (SSSR count). The molecule has 0 fully saturated rings. The van der Waals surface area contributed by atoms with Crippen LogP contribution in [-0.4, -0.2) is 25.8 Å². The molecule has 3 aromatic heterocycles. The summed E-state index contributed by atoms with van der Waals surface area (Å²) in [7, 11) is 1.87. The minimum absolute atomic E-state index is 0.218. The quantitative estimate of drug-likeness (QED) is 0.792. The number of pyridine rings is 1. The molecule has 0 saturated carbocycles. The van der Waals surface area contributed by atoms with Gasteiger partial charge in [0.25, 0.3) is 5.91 Å². The lowest BCUT2D eigenvalue weighted by atomic mass is 10.1. The van der Waals surface area contributed by atoms with Gasteiger partial charge < -0.3 is 9.84 Å². The van der Waals surface area contributed by atoms with Gasteiger partial charge in [-0.1, -0.05) is 5.16 Å². The van der Waals surface area contributed by atoms with Gasteiger partial charge in [-0.3, -0.25) is 14.5 Å². The molecule has 0 aliphatic rings. The molecule has 7 heteroatoms. The Morgan fingerprint density at radius 2 is 2.23 bits per heavy atom. The van der Waals surface area contributed by atoms with Gasteiger partial charge in [0.15, 0.2) is 0 Å². The predicted octanol–water partition coefficient (Wildman–Crippen LogP) is 1.71. The standard InChI is InChI=1S/C15H15N5O2/c1-10-13(9-19-22-10)15(21)17-7-11-5-12(8-16-6-11)14-3-4-18-20(14)2/h3-6,8-9H,7H2,1-2H3,(H,17,21). The lowest BCUT2D eigenvalue weighted by Crippen LogP contribution is -2.23. The van der Waals surface area contributed by atoms with E-state index in [-0.39, 0.29) is 5.91 Å². The summed E-state index contributed by atoms with van der Waals surface area (Å²) in [6.07, 6.45) is 6.64. The Labute approximate surface area is 127 Å². The van der Waals surface area contributed by atoms with E-state index in [2.05, 4.69) is 20.6 Å². The summed E-state index contributed by atoms with van der Waals surface area (Å²) in [5.74, 6) is 0.281. The number of aryl methyl sites for hydroxylation is 2. The molecule has 7 nitrogen and oxygen atoms in total. The molecule has 0 saturated heterocycles. The third kappa shape index (κ3) is 2.73. The molecule has 0 bridgehead atoms. The molecule has 0 aliphatic carbocycles. The van der Waals surface area contributed by atoms with E-state index in [1.807, 2.05) is 19.2 Å². The van der Waals surface area contributed by atoms with Crippen LogP contribution < -0.4 is 5.32 Å². The van der Waals surface area contributed by atoms with Gasteiger partial charge in [-0.25, -0.2) is 0 Å². The summed E-state index contributed by atoms with van der Waals surface area (Å²) in [5.41, 5.74) is 3.26. The normalized spacial score (nSPS) is 10.6. The van der Waals surface area contributed by atoms with Crippen molar-refractivity contribution in [2.75, 3.05) is 0 Å². The number of amides is 1. The van der Waals surface area contributed by atoms with E-state index in [0.717, 1.165) is 16.8 Å². The van der Waals surface area contributed by atoms with Gasteiger partial charge in [-0.05, 0) is 24.6 Å². The molecule has 3 aromatic rings. The highest BCUT2D eigenvalue weighted by molar-refractivity contribution is 5.94. The summed E-state index contributed by atoms with van der Waals surface area (Å²) in [6, 6.07) is 3.89. The van der Waals surface area contributed by atoms with Crippen LogP contribution in [0.5, 0.6) is 0 Å². The first-order valence-electron chi connectivity index (χ1n) is 6.77. The number of carbonyl (C=O) groups is 1. The summed E-state index contributed by atoms with van der Waals surface area (Å²) in [5, 5.41) is 10.6. The summed E-state index contributed by atoms with van der Waals surface area (Å²) < 4.78 is 6.66. The maximum absolute atomic E-state index is 12.0. The Morgan fingerprint density at radius 1 is 1.36 bits per heavy atom. The molecular formula is C15H15N5O2. The number of rotatable bonds is 4.